The Morgan fingerprint density at radius 2 is 1.16 bits per heavy atom. The van der Waals surface area contributed by atoms with Crippen molar-refractivity contribution >= 4 is 82.8 Å². The highest BCUT2D eigenvalue weighted by molar-refractivity contribution is 5.95. The highest BCUT2D eigenvalue weighted by Crippen LogP contribution is 2.10. The monoisotopic (exact) mass is 1070 g/mol. The van der Waals surface area contributed by atoms with Gasteiger partial charge in [-0.15, -0.1) is 0 Å². The summed E-state index contributed by atoms with van der Waals surface area (Å²) in [6.45, 7) is 3.00. The Hall–Kier alpha value is -8.20. The molecule has 0 aliphatic carbocycles. The number of carbonyl (C=O) groups excluding carboxylic acids is 13. The maximum absolute atomic E-state index is 13.5. The van der Waals surface area contributed by atoms with E-state index in [4.69, 9.17) is 5.11 Å². The number of hydrogen-bond acceptors (Lipinski definition) is 14. The van der Waals surface area contributed by atoms with Gasteiger partial charge in [-0.1, -0.05) is 58.0 Å². The Bertz CT molecular complexity index is 2210. The lowest BCUT2D eigenvalue weighted by molar-refractivity contribution is -0.140. The Balaban J connectivity index is 2.01. The number of carboxylic acid groups (broad SMARTS) is 1. The van der Waals surface area contributed by atoms with Crippen LogP contribution in [0.4, 0.5) is 0 Å². The first kappa shape index (κ1) is 63.9. The summed E-state index contributed by atoms with van der Waals surface area (Å²) in [5, 5.41) is 38.5. The van der Waals surface area contributed by atoms with E-state index in [1.54, 1.807) is 58.0 Å². The van der Waals surface area contributed by atoms with E-state index < -0.39 is 153 Å². The minimum absolute atomic E-state index is 0.0416. The molecule has 28 heteroatoms. The van der Waals surface area contributed by atoms with Crippen LogP contribution in [0.25, 0.3) is 0 Å². The van der Waals surface area contributed by atoms with E-state index in [1.807, 2.05) is 0 Å². The number of carboxylic acids is 1. The number of rotatable bonds is 21. The molecule has 76 heavy (non-hydrogen) atoms. The molecule has 0 radical (unpaired) electrons. The number of aliphatic carboxylic acids is 1. The topological polar surface area (TPSA) is 407 Å². The van der Waals surface area contributed by atoms with Gasteiger partial charge >= 0.3 is 5.97 Å². The maximum atomic E-state index is 13.5. The van der Waals surface area contributed by atoms with Gasteiger partial charge in [0.25, 0.3) is 0 Å². The van der Waals surface area contributed by atoms with E-state index in [2.05, 4.69) is 63.8 Å². The van der Waals surface area contributed by atoms with Crippen molar-refractivity contribution in [3.8, 4) is 0 Å². The second-order valence-electron chi connectivity index (χ2n) is 18.4. The molecule has 0 saturated carbocycles. The van der Waals surface area contributed by atoms with Crippen molar-refractivity contribution in [2.75, 3.05) is 72.0 Å². The Labute approximate surface area is 439 Å². The molecular formula is C48H73N13O15. The summed E-state index contributed by atoms with van der Waals surface area (Å²) in [6, 6.07) is 5.40. The van der Waals surface area contributed by atoms with Crippen LogP contribution in [0, 0.1) is 11.8 Å². The molecule has 1 heterocycles. The lowest BCUT2D eigenvalue weighted by Gasteiger charge is -2.25. The molecule has 1 aliphatic heterocycles. The largest absolute Gasteiger partial charge is 0.480 e. The lowest BCUT2D eigenvalue weighted by Crippen LogP contribution is -2.55. The van der Waals surface area contributed by atoms with E-state index in [1.165, 1.54) is 0 Å². The molecule has 1 saturated heterocycles. The number of nitrogens with zero attached hydrogens (tertiary/aromatic N) is 1. The van der Waals surface area contributed by atoms with E-state index >= 15 is 0 Å². The van der Waals surface area contributed by atoms with E-state index in [9.17, 15) is 67.1 Å². The molecule has 3 atom stereocenters. The van der Waals surface area contributed by atoms with E-state index in [0.717, 1.165) is 4.90 Å². The van der Waals surface area contributed by atoms with E-state index in [0.29, 0.717) is 5.56 Å². The zero-order valence-electron chi connectivity index (χ0n) is 43.3. The van der Waals surface area contributed by atoms with Gasteiger partial charge in [-0.3, -0.25) is 67.1 Å². The van der Waals surface area contributed by atoms with Gasteiger partial charge in [0.05, 0.1) is 19.6 Å². The normalized spacial score (nSPS) is 16.8. The molecule has 420 valence electrons. The molecule has 0 aromatic heterocycles. The number of hydrogen-bond donors (Lipinski definition) is 13. The molecule has 1 fully saturated rings. The molecule has 13 amide bonds. The van der Waals surface area contributed by atoms with Crippen molar-refractivity contribution < 1.29 is 72.2 Å². The highest BCUT2D eigenvalue weighted by atomic mass is 16.4. The van der Waals surface area contributed by atoms with Crippen molar-refractivity contribution in [1.82, 2.24) is 68.7 Å². The average molecular weight is 1070 g/mol. The number of benzene rings is 1. The lowest BCUT2D eigenvalue weighted by atomic mass is 10.00. The first-order valence-corrected chi connectivity index (χ1v) is 24.9. The van der Waals surface area contributed by atoms with Gasteiger partial charge in [0.15, 0.2) is 0 Å². The summed E-state index contributed by atoms with van der Waals surface area (Å²) in [5.41, 5.74) is 0.691. The Kier molecular flexibility index (Phi) is 29.5. The summed E-state index contributed by atoms with van der Waals surface area (Å²) >= 11 is 0. The fourth-order valence-electron chi connectivity index (χ4n) is 6.99. The molecule has 1 aliphatic rings. The standard InChI is InChI=1S/C48H73N13O15/c1-29(2)20-32(47(75)57-26-45(72)73)60-48(76)33(21-30(3)4)59-41(68)25-55-37(64)12-15-49-39(66)24-56-43(70)28-61-27-42(69)50-16-13-36(63)54-23-40(67)52-19-18-51-35(62)14-17-53-46(74)34(22-31-8-6-5-7-9-31)58-38(65)10-11-44(61)71/h5-9,29-30,32-34H,10-28H2,1-4H3,(H,49,66)(H,50,69)(H,51,62)(H,52,67)(H,53,74)(H,54,63)(H,55,64)(H,56,70)(H,57,75)(H,58,65)(H,59,68)(H,60,76)(H,72,73)/t32-,33-,34-/m0/s1. The van der Waals surface area contributed by atoms with Gasteiger partial charge in [0, 0.05) is 71.2 Å². The van der Waals surface area contributed by atoms with Gasteiger partial charge in [-0.2, -0.15) is 0 Å². The summed E-state index contributed by atoms with van der Waals surface area (Å²) in [6.07, 6.45) is -1.33. The van der Waals surface area contributed by atoms with Gasteiger partial charge in [-0.25, -0.2) is 0 Å². The fourth-order valence-corrected chi connectivity index (χ4v) is 6.99. The predicted octanol–water partition coefficient (Wildman–Crippen LogP) is -5.30. The molecule has 2 rings (SSSR count). The van der Waals surface area contributed by atoms with Crippen LogP contribution in [0.5, 0.6) is 0 Å². The third kappa shape index (κ3) is 28.9. The Morgan fingerprint density at radius 3 is 1.80 bits per heavy atom. The second-order valence-corrected chi connectivity index (χ2v) is 18.4. The van der Waals surface area contributed by atoms with E-state index in [-0.39, 0.29) is 83.1 Å². The number of nitrogens with one attached hydrogen (secondary N) is 12. The van der Waals surface area contributed by atoms with Crippen LogP contribution in [0.3, 0.4) is 0 Å². The fraction of sp³-hybridized carbons (Fsp3) is 0.583. The molecule has 0 spiro atoms. The zero-order chi connectivity index (χ0) is 56.6. The summed E-state index contributed by atoms with van der Waals surface area (Å²) in [7, 11) is 0. The molecule has 13 N–H and O–H groups in total. The molecule has 1 aromatic carbocycles. The second kappa shape index (κ2) is 35.1. The Morgan fingerprint density at radius 1 is 0.579 bits per heavy atom. The summed E-state index contributed by atoms with van der Waals surface area (Å²) in [5.74, 6) is -10.5. The van der Waals surface area contributed by atoms with Crippen molar-refractivity contribution in [2.24, 2.45) is 11.8 Å². The van der Waals surface area contributed by atoms with Crippen LogP contribution in [-0.4, -0.2) is 183 Å². The van der Waals surface area contributed by atoms with Crippen LogP contribution < -0.4 is 63.8 Å². The maximum Gasteiger partial charge on any atom is 0.322 e. The molecule has 0 unspecified atom stereocenters. The van der Waals surface area contributed by atoms with Gasteiger partial charge in [0.2, 0.25) is 76.8 Å². The molecule has 1 aromatic rings. The van der Waals surface area contributed by atoms with Crippen LogP contribution in [-0.2, 0) is 73.5 Å². The predicted molar refractivity (Wildman–Crippen MR) is 269 cm³/mol. The average Bonchev–Trinajstić information content (AvgIpc) is 3.35. The summed E-state index contributed by atoms with van der Waals surface area (Å²) < 4.78 is 0. The smallest absolute Gasteiger partial charge is 0.322 e. The quantitative estimate of drug-likeness (QED) is 0.0547. The minimum Gasteiger partial charge on any atom is -0.480 e. The van der Waals surface area contributed by atoms with Gasteiger partial charge in [-0.05, 0) is 30.2 Å². The van der Waals surface area contributed by atoms with Crippen LogP contribution in [0.2, 0.25) is 0 Å². The van der Waals surface area contributed by atoms with Crippen molar-refractivity contribution in [3.05, 3.63) is 35.9 Å². The van der Waals surface area contributed by atoms with Crippen molar-refractivity contribution in [1.29, 1.82) is 0 Å². The SMILES string of the molecule is CC(C)C[C@H](NC(=O)CNC(=O)CCNC(=O)CNC(=O)CN1CC(=O)NCCC(=O)NCC(=O)NCCNC(=O)CCNC(=O)[C@H](Cc2ccccc2)NC(=O)CCC1=O)C(=O)N[C@@H](CC(C)C)C(=O)NCC(=O)O. The van der Waals surface area contributed by atoms with Crippen LogP contribution in [0.1, 0.15) is 78.2 Å². The minimum atomic E-state index is -1.27. The van der Waals surface area contributed by atoms with Gasteiger partial charge < -0.3 is 73.8 Å². The third-order valence-corrected chi connectivity index (χ3v) is 10.7. The zero-order valence-corrected chi connectivity index (χ0v) is 43.3. The van der Waals surface area contributed by atoms with Crippen LogP contribution in [0.15, 0.2) is 30.3 Å². The number of amides is 13. The van der Waals surface area contributed by atoms with Crippen molar-refractivity contribution in [2.45, 2.75) is 97.2 Å². The summed E-state index contributed by atoms with van der Waals surface area (Å²) in [4.78, 5) is 178. The first-order valence-electron chi connectivity index (χ1n) is 24.9. The number of carbonyl (C=O) groups is 14. The van der Waals surface area contributed by atoms with Gasteiger partial charge in [0.1, 0.15) is 37.8 Å². The third-order valence-electron chi connectivity index (χ3n) is 10.7. The molecular weight excluding hydrogens is 999 g/mol. The first-order chi connectivity index (χ1) is 36.0. The van der Waals surface area contributed by atoms with Crippen molar-refractivity contribution in [3.63, 3.8) is 0 Å². The highest BCUT2D eigenvalue weighted by Gasteiger charge is 2.29. The molecule has 28 nitrogen and oxygen atoms in total. The van der Waals surface area contributed by atoms with Crippen LogP contribution >= 0.6 is 0 Å². The molecule has 0 bridgehead atoms.